The fourth-order valence-electron chi connectivity index (χ4n) is 1.22. The molecule has 0 bridgehead atoms. The Labute approximate surface area is 91.2 Å². The van der Waals surface area contributed by atoms with E-state index in [1.54, 1.807) is 18.2 Å². The van der Waals surface area contributed by atoms with Gasteiger partial charge in [-0.15, -0.1) is 0 Å². The molecule has 0 atom stereocenters. The number of halogens is 2. The normalized spacial score (nSPS) is 15.1. The van der Waals surface area contributed by atoms with Crippen LogP contribution in [0.25, 0.3) is 0 Å². The van der Waals surface area contributed by atoms with Gasteiger partial charge < -0.3 is 0 Å². The van der Waals surface area contributed by atoms with Crippen molar-refractivity contribution < 1.29 is 9.59 Å². The van der Waals surface area contributed by atoms with Crippen molar-refractivity contribution in [2.75, 3.05) is 0 Å². The molecular formula is C8H3Br2NO2. The van der Waals surface area contributed by atoms with Gasteiger partial charge >= 0.3 is 0 Å². The molecule has 66 valence electrons. The lowest BCUT2D eigenvalue weighted by Gasteiger charge is -1.99. The third-order valence-electron chi connectivity index (χ3n) is 1.81. The number of hydrogen-bond donors (Lipinski definition) is 0. The van der Waals surface area contributed by atoms with Crippen molar-refractivity contribution in [1.29, 1.82) is 0 Å². The molecule has 0 aromatic heterocycles. The van der Waals surface area contributed by atoms with Gasteiger partial charge in [-0.25, -0.2) is 3.93 Å². The van der Waals surface area contributed by atoms with E-state index in [1.165, 1.54) is 0 Å². The minimum atomic E-state index is -0.326. The Kier molecular flexibility index (Phi) is 2.00. The Morgan fingerprint density at radius 2 is 1.85 bits per heavy atom. The lowest BCUT2D eigenvalue weighted by molar-refractivity contribution is 0.0785. The standard InChI is InChI=1S/C8H3Br2NO2/c9-5-3-1-2-4-6(5)8(13)11(10)7(4)12/h1-3H. The van der Waals surface area contributed by atoms with Gasteiger partial charge in [-0.1, -0.05) is 6.07 Å². The van der Waals surface area contributed by atoms with Crippen LogP contribution in [0.4, 0.5) is 0 Å². The van der Waals surface area contributed by atoms with E-state index < -0.39 is 0 Å². The molecule has 0 aliphatic carbocycles. The van der Waals surface area contributed by atoms with Crippen LogP contribution in [0.5, 0.6) is 0 Å². The van der Waals surface area contributed by atoms with E-state index in [1.807, 2.05) is 0 Å². The molecule has 5 heteroatoms. The molecule has 0 N–H and O–H groups in total. The second-order valence-corrected chi connectivity index (χ2v) is 4.12. The van der Waals surface area contributed by atoms with E-state index in [9.17, 15) is 9.59 Å². The molecule has 1 aromatic rings. The largest absolute Gasteiger partial charge is 0.272 e. The Morgan fingerprint density at radius 1 is 1.15 bits per heavy atom. The van der Waals surface area contributed by atoms with Crippen molar-refractivity contribution in [2.45, 2.75) is 0 Å². The summed E-state index contributed by atoms with van der Waals surface area (Å²) in [4.78, 5) is 22.9. The molecule has 1 aliphatic heterocycles. The fraction of sp³-hybridized carbons (Fsp3) is 0. The smallest absolute Gasteiger partial charge is 0.268 e. The molecule has 1 heterocycles. The highest BCUT2D eigenvalue weighted by Crippen LogP contribution is 2.30. The Morgan fingerprint density at radius 3 is 2.46 bits per heavy atom. The van der Waals surface area contributed by atoms with Gasteiger partial charge in [-0.2, -0.15) is 0 Å². The number of hydrogen-bond acceptors (Lipinski definition) is 2. The molecule has 0 spiro atoms. The third-order valence-corrected chi connectivity index (χ3v) is 3.12. The maximum absolute atomic E-state index is 11.5. The van der Waals surface area contributed by atoms with Crippen LogP contribution in [0, 0.1) is 0 Å². The lowest BCUT2D eigenvalue weighted by Crippen LogP contribution is -2.17. The monoisotopic (exact) mass is 303 g/mol. The van der Waals surface area contributed by atoms with Gasteiger partial charge in [0.15, 0.2) is 0 Å². The average Bonchev–Trinajstić information content (AvgIpc) is 2.33. The quantitative estimate of drug-likeness (QED) is 0.545. The lowest BCUT2D eigenvalue weighted by atomic mass is 10.1. The van der Waals surface area contributed by atoms with Gasteiger partial charge in [0.2, 0.25) is 0 Å². The Bertz CT molecular complexity index is 417. The number of benzene rings is 1. The highest BCUT2D eigenvalue weighted by atomic mass is 79.9. The molecule has 2 rings (SSSR count). The van der Waals surface area contributed by atoms with Crippen molar-refractivity contribution >= 4 is 43.9 Å². The maximum Gasteiger partial charge on any atom is 0.272 e. The van der Waals surface area contributed by atoms with Gasteiger partial charge in [0.05, 0.1) is 27.3 Å². The predicted molar refractivity (Wildman–Crippen MR) is 53.6 cm³/mol. The first-order valence-electron chi connectivity index (χ1n) is 3.46. The van der Waals surface area contributed by atoms with E-state index in [-0.39, 0.29) is 11.8 Å². The van der Waals surface area contributed by atoms with Crippen LogP contribution in [0.15, 0.2) is 22.7 Å². The van der Waals surface area contributed by atoms with E-state index in [2.05, 4.69) is 32.1 Å². The first kappa shape index (κ1) is 8.90. The third kappa shape index (κ3) is 1.14. The second-order valence-electron chi connectivity index (χ2n) is 2.55. The molecule has 0 radical (unpaired) electrons. The minimum absolute atomic E-state index is 0.318. The zero-order valence-electron chi connectivity index (χ0n) is 6.25. The number of imide groups is 1. The summed E-state index contributed by atoms with van der Waals surface area (Å²) in [5, 5.41) is 0. The highest BCUT2D eigenvalue weighted by molar-refractivity contribution is 9.10. The summed E-state index contributed by atoms with van der Waals surface area (Å²) in [5.41, 5.74) is 0.848. The molecule has 1 aromatic carbocycles. The minimum Gasteiger partial charge on any atom is -0.268 e. The van der Waals surface area contributed by atoms with E-state index in [4.69, 9.17) is 0 Å². The average molecular weight is 305 g/mol. The van der Waals surface area contributed by atoms with Crippen molar-refractivity contribution in [3.8, 4) is 0 Å². The van der Waals surface area contributed by atoms with Gasteiger partial charge in [-0.05, 0) is 28.1 Å². The van der Waals surface area contributed by atoms with Crippen LogP contribution in [-0.4, -0.2) is 15.7 Å². The van der Waals surface area contributed by atoms with Gasteiger partial charge in [-0.3, -0.25) is 9.59 Å². The number of amides is 2. The van der Waals surface area contributed by atoms with Crippen LogP contribution in [-0.2, 0) is 0 Å². The molecule has 0 fully saturated rings. The highest BCUT2D eigenvalue weighted by Gasteiger charge is 2.35. The summed E-state index contributed by atoms with van der Waals surface area (Å²) >= 11 is 6.12. The number of fused-ring (bicyclic) bond motifs is 1. The molecule has 0 saturated heterocycles. The number of rotatable bonds is 0. The topological polar surface area (TPSA) is 37.4 Å². The first-order chi connectivity index (χ1) is 6.13. The van der Waals surface area contributed by atoms with Crippen molar-refractivity contribution in [2.24, 2.45) is 0 Å². The molecular weight excluding hydrogens is 302 g/mol. The Balaban J connectivity index is 2.74. The van der Waals surface area contributed by atoms with Crippen LogP contribution in [0.2, 0.25) is 0 Å². The van der Waals surface area contributed by atoms with Crippen molar-refractivity contribution in [3.63, 3.8) is 0 Å². The number of carbonyl (C=O) groups is 2. The maximum atomic E-state index is 11.5. The van der Waals surface area contributed by atoms with Crippen LogP contribution >= 0.6 is 32.1 Å². The molecule has 3 nitrogen and oxygen atoms in total. The summed E-state index contributed by atoms with van der Waals surface area (Å²) < 4.78 is 1.58. The summed E-state index contributed by atoms with van der Waals surface area (Å²) in [5.74, 6) is -0.645. The summed E-state index contributed by atoms with van der Waals surface area (Å²) in [6.45, 7) is 0. The number of nitrogens with zero attached hydrogens (tertiary/aromatic N) is 1. The SMILES string of the molecule is O=C1c2cccc(Br)c2C(=O)N1Br. The van der Waals surface area contributed by atoms with Gasteiger partial charge in [0.1, 0.15) is 0 Å². The number of carbonyl (C=O) groups excluding carboxylic acids is 2. The fourth-order valence-corrected chi connectivity index (χ4v) is 2.12. The van der Waals surface area contributed by atoms with E-state index in [0.717, 1.165) is 3.93 Å². The van der Waals surface area contributed by atoms with Crippen LogP contribution in [0.1, 0.15) is 20.7 Å². The molecule has 13 heavy (non-hydrogen) atoms. The first-order valence-corrected chi connectivity index (χ1v) is 4.96. The van der Waals surface area contributed by atoms with Crippen molar-refractivity contribution in [3.05, 3.63) is 33.8 Å². The van der Waals surface area contributed by atoms with Crippen LogP contribution in [0.3, 0.4) is 0 Å². The molecule has 0 unspecified atom stereocenters. The molecule has 2 amide bonds. The molecule has 1 aliphatic rings. The summed E-state index contributed by atoms with van der Waals surface area (Å²) in [6, 6.07) is 5.08. The van der Waals surface area contributed by atoms with Gasteiger partial charge in [0.25, 0.3) is 11.8 Å². The zero-order chi connectivity index (χ0) is 9.59. The second kappa shape index (κ2) is 2.92. The van der Waals surface area contributed by atoms with Crippen LogP contribution < -0.4 is 0 Å². The van der Waals surface area contributed by atoms with E-state index in [0.29, 0.717) is 15.6 Å². The summed E-state index contributed by atoms with van der Waals surface area (Å²) in [6.07, 6.45) is 0. The Hall–Kier alpha value is -0.680. The molecule has 0 saturated carbocycles. The van der Waals surface area contributed by atoms with Crippen molar-refractivity contribution in [1.82, 2.24) is 3.93 Å². The zero-order valence-corrected chi connectivity index (χ0v) is 9.42. The predicted octanol–water partition coefficient (Wildman–Crippen LogP) is 2.36. The van der Waals surface area contributed by atoms with E-state index >= 15 is 0 Å². The summed E-state index contributed by atoms with van der Waals surface area (Å²) in [7, 11) is 0. The van der Waals surface area contributed by atoms with Gasteiger partial charge in [0, 0.05) is 4.47 Å².